The van der Waals surface area contributed by atoms with Gasteiger partial charge in [-0.25, -0.2) is 0 Å². The minimum Gasteiger partial charge on any atom is -0.393 e. The normalized spacial score (nSPS) is 60.2. The lowest BCUT2D eigenvalue weighted by Gasteiger charge is -2.42. The van der Waals surface area contributed by atoms with E-state index in [2.05, 4.69) is 0 Å². The summed E-state index contributed by atoms with van der Waals surface area (Å²) in [5.41, 5.74) is -1.23. The monoisotopic (exact) mass is 398 g/mol. The molecule has 7 nitrogen and oxygen atoms in total. The minimum atomic E-state index is -0.652. The van der Waals surface area contributed by atoms with Crippen molar-refractivity contribution in [1.29, 1.82) is 0 Å². The van der Waals surface area contributed by atoms with Gasteiger partial charge in [-0.05, 0) is 54.8 Å². The number of carbonyl (C=O) groups excluding carboxylic acids is 5. The number of esters is 4. The summed E-state index contributed by atoms with van der Waals surface area (Å²) in [5, 5.41) is 0. The highest BCUT2D eigenvalue weighted by Gasteiger charge is 2.83. The predicted octanol–water partition coefficient (Wildman–Crippen LogP) is 1.14. The number of cyclic esters (lactones) is 4. The van der Waals surface area contributed by atoms with Crippen molar-refractivity contribution >= 4 is 29.7 Å². The zero-order chi connectivity index (χ0) is 20.2. The van der Waals surface area contributed by atoms with Crippen LogP contribution in [0.3, 0.4) is 0 Å². The van der Waals surface area contributed by atoms with E-state index in [4.69, 9.17) is 9.47 Å². The van der Waals surface area contributed by atoms with Gasteiger partial charge in [0, 0.05) is 10.8 Å². The molecule has 7 rings (SSSR count). The van der Waals surface area contributed by atoms with Gasteiger partial charge in [0.25, 0.3) is 0 Å². The Kier molecular flexibility index (Phi) is 2.59. The summed E-state index contributed by atoms with van der Waals surface area (Å²) in [5.74, 6) is -2.70. The van der Waals surface area contributed by atoms with E-state index < -0.39 is 40.6 Å². The summed E-state index contributed by atoms with van der Waals surface area (Å²) in [6, 6.07) is 0. The largest absolute Gasteiger partial charge is 0.393 e. The number of carbonyl (C=O) groups is 5. The van der Waals surface area contributed by atoms with Crippen molar-refractivity contribution in [3.63, 3.8) is 0 Å². The molecule has 7 heteroatoms. The Balaban J connectivity index is 1.23. The van der Waals surface area contributed by atoms with Gasteiger partial charge in [-0.1, -0.05) is 13.8 Å². The second kappa shape index (κ2) is 4.49. The highest BCUT2D eigenvalue weighted by Crippen LogP contribution is 2.80. The maximum Gasteiger partial charge on any atom is 0.317 e. The molecule has 0 aromatic rings. The van der Waals surface area contributed by atoms with E-state index in [0.29, 0.717) is 12.8 Å². The molecule has 7 fully saturated rings. The van der Waals surface area contributed by atoms with Crippen LogP contribution in [0.5, 0.6) is 0 Å². The van der Waals surface area contributed by atoms with Crippen molar-refractivity contribution in [2.24, 2.45) is 70.0 Å². The molecule has 5 saturated carbocycles. The number of ether oxygens (including phenoxy) is 2. The molecule has 12 atom stereocenters. The molecule has 29 heavy (non-hydrogen) atoms. The highest BCUT2D eigenvalue weighted by atomic mass is 16.6. The lowest BCUT2D eigenvalue weighted by atomic mass is 9.58. The lowest BCUT2D eigenvalue weighted by Crippen LogP contribution is -2.48. The van der Waals surface area contributed by atoms with Gasteiger partial charge in [-0.15, -0.1) is 0 Å². The minimum absolute atomic E-state index is 0.0329. The lowest BCUT2D eigenvalue weighted by molar-refractivity contribution is -0.157. The number of hydrogen-bond donors (Lipinski definition) is 0. The fraction of sp³-hybridized carbons (Fsp3) is 0.773. The first-order chi connectivity index (χ1) is 13.7. The van der Waals surface area contributed by atoms with Crippen molar-refractivity contribution in [2.45, 2.75) is 33.1 Å². The van der Waals surface area contributed by atoms with Crippen LogP contribution in [0.15, 0.2) is 0 Å². The molecular formula is C22H22O7. The molecule has 7 aliphatic rings. The molecular weight excluding hydrogens is 376 g/mol. The molecule has 5 aliphatic carbocycles. The second-order valence-electron chi connectivity index (χ2n) is 11.1. The van der Waals surface area contributed by atoms with Gasteiger partial charge in [-0.2, -0.15) is 0 Å². The summed E-state index contributed by atoms with van der Waals surface area (Å²) in [7, 11) is 0. The Morgan fingerprint density at radius 2 is 1.41 bits per heavy atom. The van der Waals surface area contributed by atoms with Crippen LogP contribution in [0.25, 0.3) is 0 Å². The summed E-state index contributed by atoms with van der Waals surface area (Å²) in [4.78, 5) is 62.9. The van der Waals surface area contributed by atoms with Crippen molar-refractivity contribution in [3.05, 3.63) is 0 Å². The molecule has 0 amide bonds. The summed E-state index contributed by atoms with van der Waals surface area (Å²) >= 11 is 0. The third kappa shape index (κ3) is 1.55. The van der Waals surface area contributed by atoms with E-state index in [0.717, 1.165) is 6.42 Å². The highest BCUT2D eigenvalue weighted by molar-refractivity contribution is 6.01. The Labute approximate surface area is 166 Å². The number of Topliss-reactive ketones (excluding diaryl/α,β-unsaturated/α-hetero) is 1. The second-order valence-corrected chi connectivity index (χ2v) is 11.1. The topological polar surface area (TPSA) is 104 Å². The first kappa shape index (κ1) is 16.7. The van der Waals surface area contributed by atoms with E-state index in [-0.39, 0.29) is 59.0 Å². The van der Waals surface area contributed by atoms with Crippen molar-refractivity contribution in [1.82, 2.24) is 0 Å². The maximum absolute atomic E-state index is 14.1. The van der Waals surface area contributed by atoms with Gasteiger partial charge in [0.05, 0.1) is 23.7 Å². The first-order valence-corrected chi connectivity index (χ1v) is 10.7. The number of fused-ring (bicyclic) bond motifs is 9. The Morgan fingerprint density at radius 3 is 2.14 bits per heavy atom. The van der Waals surface area contributed by atoms with Crippen molar-refractivity contribution < 1.29 is 33.4 Å². The van der Waals surface area contributed by atoms with Crippen LogP contribution in [0, 0.1) is 70.0 Å². The molecule has 0 radical (unpaired) electrons. The standard InChI is InChI=1S/C22H22O7/c1-21(4-6-3-8(21)12-9(6)16(23)28-18(12)25)20(27)22(2)5-7-10-13(15(10)22)14-11(7)17(24)29-19(14)26/h6-15H,3-5H2,1-2H3. The van der Waals surface area contributed by atoms with Crippen LogP contribution in [0.4, 0.5) is 0 Å². The van der Waals surface area contributed by atoms with Crippen LogP contribution in [0.2, 0.25) is 0 Å². The SMILES string of the molecule is CC1(C(=O)C2(C)CC3C4C(=O)OC(=O)C4C4C3C42)CC2CC1C1C(=O)OC(=O)C21. The van der Waals surface area contributed by atoms with Gasteiger partial charge < -0.3 is 9.47 Å². The molecule has 152 valence electrons. The van der Waals surface area contributed by atoms with Gasteiger partial charge in [0.15, 0.2) is 0 Å². The maximum atomic E-state index is 14.1. The molecule has 2 heterocycles. The zero-order valence-corrected chi connectivity index (χ0v) is 16.3. The zero-order valence-electron chi connectivity index (χ0n) is 16.3. The molecule has 2 saturated heterocycles. The van der Waals surface area contributed by atoms with Crippen LogP contribution in [-0.2, 0) is 33.4 Å². The third-order valence-corrected chi connectivity index (χ3v) is 10.2. The van der Waals surface area contributed by atoms with Crippen LogP contribution in [-0.4, -0.2) is 29.7 Å². The number of hydrogen-bond acceptors (Lipinski definition) is 7. The van der Waals surface area contributed by atoms with Crippen molar-refractivity contribution in [2.75, 3.05) is 0 Å². The first-order valence-electron chi connectivity index (χ1n) is 10.7. The smallest absolute Gasteiger partial charge is 0.317 e. The molecule has 2 bridgehead atoms. The summed E-state index contributed by atoms with van der Waals surface area (Å²) in [6.45, 7) is 3.98. The summed E-state index contributed by atoms with van der Waals surface area (Å²) < 4.78 is 9.79. The summed E-state index contributed by atoms with van der Waals surface area (Å²) in [6.07, 6.45) is 1.97. The fourth-order valence-corrected chi connectivity index (χ4v) is 9.49. The third-order valence-electron chi connectivity index (χ3n) is 10.2. The van der Waals surface area contributed by atoms with Crippen molar-refractivity contribution in [3.8, 4) is 0 Å². The van der Waals surface area contributed by atoms with E-state index in [1.165, 1.54) is 0 Å². The average Bonchev–Trinajstić information content (AvgIpc) is 3.08. The quantitative estimate of drug-likeness (QED) is 0.507. The van der Waals surface area contributed by atoms with E-state index in [9.17, 15) is 24.0 Å². The molecule has 0 aromatic heterocycles. The Hall–Kier alpha value is -2.05. The average molecular weight is 398 g/mol. The van der Waals surface area contributed by atoms with E-state index in [1.807, 2.05) is 13.8 Å². The van der Waals surface area contributed by atoms with Crippen LogP contribution >= 0.6 is 0 Å². The Morgan fingerprint density at radius 1 is 0.793 bits per heavy atom. The predicted molar refractivity (Wildman–Crippen MR) is 92.2 cm³/mol. The molecule has 0 spiro atoms. The molecule has 2 aliphatic heterocycles. The molecule has 12 unspecified atom stereocenters. The molecule has 0 aromatic carbocycles. The number of rotatable bonds is 2. The molecule has 0 N–H and O–H groups in total. The van der Waals surface area contributed by atoms with Gasteiger partial charge in [0.1, 0.15) is 5.78 Å². The number of ketones is 1. The van der Waals surface area contributed by atoms with E-state index in [1.54, 1.807) is 0 Å². The van der Waals surface area contributed by atoms with Gasteiger partial charge >= 0.3 is 23.9 Å². The van der Waals surface area contributed by atoms with Crippen LogP contribution < -0.4 is 0 Å². The van der Waals surface area contributed by atoms with Crippen LogP contribution in [0.1, 0.15) is 33.1 Å². The fourth-order valence-electron chi connectivity index (χ4n) is 9.49. The van der Waals surface area contributed by atoms with Gasteiger partial charge in [-0.3, -0.25) is 24.0 Å². The van der Waals surface area contributed by atoms with Gasteiger partial charge in [0.2, 0.25) is 0 Å². The van der Waals surface area contributed by atoms with E-state index >= 15 is 0 Å². The Bertz CT molecular complexity index is 954.